The number of ether oxygens (including phenoxy) is 1. The Bertz CT molecular complexity index is 1060. The van der Waals surface area contributed by atoms with Gasteiger partial charge in [0.15, 0.2) is 0 Å². The first-order valence-electron chi connectivity index (χ1n) is 15.3. The molecule has 2 atom stereocenters. The maximum absolute atomic E-state index is 12.3. The van der Waals surface area contributed by atoms with Crippen LogP contribution < -0.4 is 11.4 Å². The Morgan fingerprint density at radius 1 is 1.00 bits per heavy atom. The summed E-state index contributed by atoms with van der Waals surface area (Å²) in [6, 6.07) is 1.41. The number of unbranched alkanes of at least 4 members (excludes halogenated alkanes) is 10. The van der Waals surface area contributed by atoms with Gasteiger partial charge >= 0.3 is 13.3 Å². The summed E-state index contributed by atoms with van der Waals surface area (Å²) in [5.41, 5.74) is 4.80. The van der Waals surface area contributed by atoms with Crippen molar-refractivity contribution in [3.05, 3.63) is 22.7 Å². The fourth-order valence-corrected chi connectivity index (χ4v) is 7.21. The highest BCUT2D eigenvalue weighted by atomic mass is 32.2. The molecule has 1 fully saturated rings. The highest BCUT2D eigenvalue weighted by molar-refractivity contribution is 7.91. The van der Waals surface area contributed by atoms with Crippen LogP contribution in [0.1, 0.15) is 103 Å². The van der Waals surface area contributed by atoms with Gasteiger partial charge in [-0.25, -0.2) is 13.2 Å². The Kier molecular flexibility index (Phi) is 17.3. The summed E-state index contributed by atoms with van der Waals surface area (Å²) in [4.78, 5) is 25.4. The fourth-order valence-electron chi connectivity index (χ4n) is 4.92. The molecule has 11 nitrogen and oxygen atoms in total. The topological polar surface area (TPSA) is 171 Å². The number of nitrogens with zero attached hydrogens (tertiary/aromatic N) is 2. The van der Waals surface area contributed by atoms with Crippen LogP contribution in [0.5, 0.6) is 0 Å². The summed E-state index contributed by atoms with van der Waals surface area (Å²) < 4.78 is 48.2. The van der Waals surface area contributed by atoms with E-state index in [4.69, 9.17) is 15.0 Å². The molecular weight excluding hydrogens is 569 g/mol. The third kappa shape index (κ3) is 16.8. The number of anilines is 1. The number of nitrogens with two attached hydrogens (primary N) is 1. The highest BCUT2D eigenvalue weighted by Gasteiger charge is 2.23. The predicted molar refractivity (Wildman–Crippen MR) is 162 cm³/mol. The van der Waals surface area contributed by atoms with Crippen LogP contribution in [0.4, 0.5) is 5.82 Å². The van der Waals surface area contributed by atoms with Gasteiger partial charge < -0.3 is 25.0 Å². The lowest BCUT2D eigenvalue weighted by molar-refractivity contribution is 0.0168. The molecule has 0 saturated heterocycles. The molecule has 1 aliphatic rings. The highest BCUT2D eigenvalue weighted by Crippen LogP contribution is 2.42. The first-order valence-corrected chi connectivity index (χ1v) is 18.9. The first kappa shape index (κ1) is 35.9. The van der Waals surface area contributed by atoms with E-state index in [1.54, 1.807) is 0 Å². The van der Waals surface area contributed by atoms with Gasteiger partial charge in [0.25, 0.3) is 0 Å². The molecule has 1 saturated carbocycles. The lowest BCUT2D eigenvalue weighted by Gasteiger charge is -2.24. The number of aliphatic hydroxyl groups is 1. The van der Waals surface area contributed by atoms with Gasteiger partial charge in [-0.05, 0) is 24.8 Å². The van der Waals surface area contributed by atoms with Gasteiger partial charge in [-0.2, -0.15) is 4.98 Å². The summed E-state index contributed by atoms with van der Waals surface area (Å²) in [6.07, 6.45) is 18.6. The largest absolute Gasteiger partial charge is 0.394 e. The summed E-state index contributed by atoms with van der Waals surface area (Å²) in [5, 5.41) is 9.48. The first-order chi connectivity index (χ1) is 19.6. The predicted octanol–water partition coefficient (Wildman–Crippen LogP) is 4.65. The Morgan fingerprint density at radius 2 is 1.59 bits per heavy atom. The van der Waals surface area contributed by atoms with Crippen LogP contribution in [0, 0.1) is 5.92 Å². The Labute approximate surface area is 245 Å². The van der Waals surface area contributed by atoms with Crippen LogP contribution in [0.25, 0.3) is 0 Å². The third-order valence-corrected chi connectivity index (χ3v) is 10.5. The number of hydrogen-bond donors (Lipinski definition) is 3. The van der Waals surface area contributed by atoms with E-state index in [9.17, 15) is 27.8 Å². The molecule has 2 rings (SSSR count). The second-order valence-corrected chi connectivity index (χ2v) is 15.4. The molecule has 0 amide bonds. The summed E-state index contributed by atoms with van der Waals surface area (Å²) in [6.45, 7) is -0.807. The van der Waals surface area contributed by atoms with Crippen molar-refractivity contribution in [1.82, 2.24) is 9.55 Å². The van der Waals surface area contributed by atoms with Crippen LogP contribution in [0.15, 0.2) is 17.1 Å². The zero-order chi connectivity index (χ0) is 30.0. The van der Waals surface area contributed by atoms with E-state index in [0.717, 1.165) is 29.7 Å². The lowest BCUT2D eigenvalue weighted by Crippen LogP contribution is -2.32. The number of aliphatic hydroxyl groups excluding tert-OH is 1. The molecule has 0 aliphatic heterocycles. The van der Waals surface area contributed by atoms with Crippen molar-refractivity contribution in [2.24, 2.45) is 5.92 Å². The zero-order valence-electron chi connectivity index (χ0n) is 24.5. The molecule has 238 valence electrons. The molecule has 4 N–H and O–H groups in total. The van der Waals surface area contributed by atoms with Crippen LogP contribution in [-0.4, -0.2) is 65.1 Å². The van der Waals surface area contributed by atoms with E-state index in [1.165, 1.54) is 82.9 Å². The average Bonchev–Trinajstić information content (AvgIpc) is 2.89. The van der Waals surface area contributed by atoms with Crippen molar-refractivity contribution in [2.45, 2.75) is 115 Å². The van der Waals surface area contributed by atoms with Gasteiger partial charge in [-0.3, -0.25) is 9.13 Å². The van der Waals surface area contributed by atoms with Crippen molar-refractivity contribution >= 4 is 23.3 Å². The van der Waals surface area contributed by atoms with E-state index in [-0.39, 0.29) is 36.9 Å². The van der Waals surface area contributed by atoms with Crippen LogP contribution in [-0.2, 0) is 30.2 Å². The van der Waals surface area contributed by atoms with Crippen molar-refractivity contribution in [3.8, 4) is 0 Å². The van der Waals surface area contributed by atoms with Gasteiger partial charge in [0.1, 0.15) is 22.0 Å². The Morgan fingerprint density at radius 3 is 2.15 bits per heavy atom. The standard InChI is InChI=1S/C28H52N3O8PS/c29-27-17-18-31(28(33)30-27)22-26(23-32)38-24-40(34,35)39-19-13-21-41(36,37)20-11-9-7-5-3-1-2-4-6-8-10-14-25-15-12-16-25/h17-18,25-26,32H,1-16,19-24H2,(H,34,35)(H2,29,30,33)/t26-/m0/s1. The van der Waals surface area contributed by atoms with Gasteiger partial charge in [0, 0.05) is 6.20 Å². The quantitative estimate of drug-likeness (QED) is 0.103. The molecule has 1 unspecified atom stereocenters. The summed E-state index contributed by atoms with van der Waals surface area (Å²) in [5.74, 6) is 1.09. The minimum atomic E-state index is -4.17. The van der Waals surface area contributed by atoms with Crippen LogP contribution in [0.2, 0.25) is 0 Å². The van der Waals surface area contributed by atoms with E-state index < -0.39 is 42.2 Å². The SMILES string of the molecule is Nc1ccn(C[C@@H](CO)OCP(=O)(O)OCCCS(=O)(=O)CCCCCCCCCCCCCC2CCC2)c(=O)n1. The van der Waals surface area contributed by atoms with E-state index in [2.05, 4.69) is 4.98 Å². The van der Waals surface area contributed by atoms with Crippen LogP contribution in [0.3, 0.4) is 0 Å². The van der Waals surface area contributed by atoms with Gasteiger partial charge in [0.05, 0.1) is 37.4 Å². The normalized spacial score (nSPS) is 16.3. The molecule has 1 aromatic rings. The fraction of sp³-hybridized carbons (Fsp3) is 0.857. The van der Waals surface area contributed by atoms with E-state index >= 15 is 0 Å². The van der Waals surface area contributed by atoms with Gasteiger partial charge in [0.2, 0.25) is 0 Å². The molecule has 1 aromatic heterocycles. The molecule has 0 aromatic carbocycles. The monoisotopic (exact) mass is 621 g/mol. The van der Waals surface area contributed by atoms with Gasteiger partial charge in [-0.15, -0.1) is 0 Å². The molecule has 13 heteroatoms. The number of aromatic nitrogens is 2. The van der Waals surface area contributed by atoms with Crippen molar-refractivity contribution < 1.29 is 32.2 Å². The molecular formula is C28H52N3O8PS. The number of rotatable bonds is 25. The molecule has 0 bridgehead atoms. The smallest absolute Gasteiger partial charge is 0.353 e. The summed E-state index contributed by atoms with van der Waals surface area (Å²) >= 11 is 0. The maximum Gasteiger partial charge on any atom is 0.353 e. The number of sulfone groups is 1. The summed E-state index contributed by atoms with van der Waals surface area (Å²) in [7, 11) is -7.42. The second kappa shape index (κ2) is 19.8. The minimum Gasteiger partial charge on any atom is -0.394 e. The van der Waals surface area contributed by atoms with E-state index in [1.807, 2.05) is 0 Å². The van der Waals surface area contributed by atoms with Crippen molar-refractivity contribution in [1.29, 1.82) is 0 Å². The van der Waals surface area contributed by atoms with Crippen molar-refractivity contribution in [2.75, 3.05) is 36.8 Å². The number of hydrogen-bond acceptors (Lipinski definition) is 9. The Hall–Kier alpha value is -1.30. The average molecular weight is 622 g/mol. The van der Waals surface area contributed by atoms with E-state index in [0.29, 0.717) is 6.42 Å². The third-order valence-electron chi connectivity index (χ3n) is 7.66. The lowest BCUT2D eigenvalue weighted by atomic mass is 9.81. The minimum absolute atomic E-state index is 0.0543. The molecule has 41 heavy (non-hydrogen) atoms. The second-order valence-electron chi connectivity index (χ2n) is 11.3. The maximum atomic E-state index is 12.3. The van der Waals surface area contributed by atoms with Crippen molar-refractivity contribution in [3.63, 3.8) is 0 Å². The molecule has 0 radical (unpaired) electrons. The number of nitrogen functional groups attached to an aromatic ring is 1. The molecule has 1 heterocycles. The molecule has 1 aliphatic carbocycles. The van der Waals surface area contributed by atoms with Gasteiger partial charge in [-0.1, -0.05) is 89.9 Å². The van der Waals surface area contributed by atoms with Crippen LogP contribution >= 0.6 is 7.60 Å². The zero-order valence-corrected chi connectivity index (χ0v) is 26.2. The Balaban J connectivity index is 1.45. The molecule has 0 spiro atoms.